The zero-order valence-corrected chi connectivity index (χ0v) is 19.5. The highest BCUT2D eigenvalue weighted by Crippen LogP contribution is 2.70. The summed E-state index contributed by atoms with van der Waals surface area (Å²) >= 11 is 0. The van der Waals surface area contributed by atoms with Crippen molar-refractivity contribution < 1.29 is 19.4 Å². The van der Waals surface area contributed by atoms with Gasteiger partial charge in [0.1, 0.15) is 11.9 Å². The van der Waals surface area contributed by atoms with Crippen molar-refractivity contribution in [1.82, 2.24) is 0 Å². The lowest BCUT2D eigenvalue weighted by Gasteiger charge is -2.58. The van der Waals surface area contributed by atoms with Gasteiger partial charge in [-0.3, -0.25) is 9.59 Å². The maximum atomic E-state index is 12.5. The number of allylic oxidation sites excluding steroid dienone is 2. The van der Waals surface area contributed by atoms with Gasteiger partial charge in [0.05, 0.1) is 5.60 Å². The molecule has 1 N–H and O–H groups in total. The summed E-state index contributed by atoms with van der Waals surface area (Å²) in [6, 6.07) is 0. The lowest BCUT2D eigenvalue weighted by atomic mass is 9.46. The molecule has 9 unspecified atom stereocenters. The maximum absolute atomic E-state index is 12.5. The average molecular weight is 427 g/mol. The largest absolute Gasteiger partial charge is 0.462 e. The molecule has 3 fully saturated rings. The first-order valence-corrected chi connectivity index (χ1v) is 12.3. The highest BCUT2D eigenvalue weighted by molar-refractivity contribution is 5.81. The summed E-state index contributed by atoms with van der Waals surface area (Å²) in [5, 5.41) is 11.8. The van der Waals surface area contributed by atoms with Crippen LogP contribution in [0.25, 0.3) is 0 Å². The molecule has 170 valence electrons. The van der Waals surface area contributed by atoms with Gasteiger partial charge in [-0.15, -0.1) is 0 Å². The van der Waals surface area contributed by atoms with E-state index in [2.05, 4.69) is 32.1 Å². The standard InChI is InChI=1S/C27H38O4/c1-16(28)20-6-5-11-27(30)15-23-21-8-7-18-14-19(31-17(2)29)9-12-25(18,3)22(21)10-13-26(23,4)24(20)27/h5-7,19-24,30H,8-15H2,1-4H3. The van der Waals surface area contributed by atoms with Gasteiger partial charge < -0.3 is 9.84 Å². The summed E-state index contributed by atoms with van der Waals surface area (Å²) in [6.45, 7) is 8.03. The summed E-state index contributed by atoms with van der Waals surface area (Å²) in [6.07, 6.45) is 14.4. The van der Waals surface area contributed by atoms with Crippen molar-refractivity contribution in [2.45, 2.75) is 90.8 Å². The van der Waals surface area contributed by atoms with Gasteiger partial charge in [-0.2, -0.15) is 0 Å². The van der Waals surface area contributed by atoms with Crippen molar-refractivity contribution in [1.29, 1.82) is 0 Å². The Bertz CT molecular complexity index is 857. The van der Waals surface area contributed by atoms with E-state index in [1.165, 1.54) is 18.9 Å². The lowest BCUT2D eigenvalue weighted by Crippen LogP contribution is -2.52. The molecule has 5 rings (SSSR count). The Morgan fingerprint density at radius 3 is 2.61 bits per heavy atom. The summed E-state index contributed by atoms with van der Waals surface area (Å²) in [5.41, 5.74) is 0.952. The van der Waals surface area contributed by atoms with Crippen LogP contribution in [-0.4, -0.2) is 28.6 Å². The van der Waals surface area contributed by atoms with Gasteiger partial charge in [0, 0.05) is 25.2 Å². The van der Waals surface area contributed by atoms with Crippen molar-refractivity contribution in [2.75, 3.05) is 0 Å². The highest BCUT2D eigenvalue weighted by atomic mass is 16.5. The minimum atomic E-state index is -0.739. The molecule has 9 atom stereocenters. The van der Waals surface area contributed by atoms with Gasteiger partial charge in [-0.25, -0.2) is 0 Å². The van der Waals surface area contributed by atoms with E-state index in [4.69, 9.17) is 4.74 Å². The van der Waals surface area contributed by atoms with Crippen molar-refractivity contribution in [3.63, 3.8) is 0 Å². The number of ether oxygens (including phenoxy) is 1. The van der Waals surface area contributed by atoms with Gasteiger partial charge in [0.25, 0.3) is 0 Å². The first kappa shape index (κ1) is 21.4. The number of carbonyl (C=O) groups excluding carboxylic acids is 2. The molecule has 4 nitrogen and oxygen atoms in total. The fourth-order valence-corrected chi connectivity index (χ4v) is 9.06. The molecule has 0 aromatic rings. The molecule has 0 spiro atoms. The van der Waals surface area contributed by atoms with E-state index in [0.717, 1.165) is 38.5 Å². The Labute approximate surface area is 186 Å². The molecule has 0 aliphatic heterocycles. The van der Waals surface area contributed by atoms with Crippen LogP contribution in [0, 0.1) is 40.4 Å². The summed E-state index contributed by atoms with van der Waals surface area (Å²) < 4.78 is 5.57. The molecule has 5 aliphatic carbocycles. The number of hydrogen-bond acceptors (Lipinski definition) is 4. The van der Waals surface area contributed by atoms with Gasteiger partial charge in [0.15, 0.2) is 0 Å². The molecule has 0 aromatic heterocycles. The average Bonchev–Trinajstić information content (AvgIpc) is 2.95. The smallest absolute Gasteiger partial charge is 0.302 e. The quantitative estimate of drug-likeness (QED) is 0.498. The molecule has 0 aromatic carbocycles. The highest BCUT2D eigenvalue weighted by Gasteiger charge is 2.67. The van der Waals surface area contributed by atoms with Gasteiger partial charge in [0.2, 0.25) is 0 Å². The van der Waals surface area contributed by atoms with Crippen LogP contribution in [0.2, 0.25) is 0 Å². The monoisotopic (exact) mass is 426 g/mol. The fraction of sp³-hybridized carbons (Fsp3) is 0.778. The number of aliphatic hydroxyl groups is 1. The second-order valence-electron chi connectivity index (χ2n) is 11.8. The third-order valence-electron chi connectivity index (χ3n) is 10.3. The number of Topliss-reactive ketones (excluding diaryl/α,β-unsaturated/α-hetero) is 1. The summed E-state index contributed by atoms with van der Waals surface area (Å²) in [5.74, 6) is 1.58. The second kappa shape index (κ2) is 7.04. The molecule has 5 aliphatic rings. The van der Waals surface area contributed by atoms with Crippen LogP contribution in [0.15, 0.2) is 23.8 Å². The van der Waals surface area contributed by atoms with Gasteiger partial charge in [-0.05, 0) is 80.5 Å². The van der Waals surface area contributed by atoms with E-state index in [1.807, 2.05) is 0 Å². The predicted octanol–water partition coefficient (Wildman–Crippen LogP) is 5.00. The summed E-state index contributed by atoms with van der Waals surface area (Å²) in [4.78, 5) is 24.0. The fourth-order valence-electron chi connectivity index (χ4n) is 9.06. The molecule has 0 radical (unpaired) electrons. The zero-order chi connectivity index (χ0) is 22.2. The Kier molecular flexibility index (Phi) is 4.86. The Hall–Kier alpha value is -1.42. The van der Waals surface area contributed by atoms with E-state index in [0.29, 0.717) is 24.2 Å². The number of esters is 1. The first-order valence-electron chi connectivity index (χ1n) is 12.3. The lowest BCUT2D eigenvalue weighted by molar-refractivity contribution is -0.148. The molecular weight excluding hydrogens is 388 g/mol. The van der Waals surface area contributed by atoms with Crippen LogP contribution in [-0.2, 0) is 14.3 Å². The second-order valence-corrected chi connectivity index (χ2v) is 11.8. The molecule has 0 amide bonds. The van der Waals surface area contributed by atoms with E-state index < -0.39 is 5.60 Å². The normalized spacial score (nSPS) is 50.4. The Morgan fingerprint density at radius 1 is 1.13 bits per heavy atom. The minimum absolute atomic E-state index is 0.0215. The zero-order valence-electron chi connectivity index (χ0n) is 19.5. The number of fused-ring (bicyclic) bond motifs is 7. The van der Waals surface area contributed by atoms with Crippen molar-refractivity contribution >= 4 is 11.8 Å². The molecular formula is C27H38O4. The third kappa shape index (κ3) is 3.03. The SMILES string of the molecule is CC(=O)OC1CCC2(C)C(=CCC3C2CCC2(C)C3CC3(O)CC=CC(C(C)=O)C32)C1. The van der Waals surface area contributed by atoms with Crippen LogP contribution in [0.3, 0.4) is 0 Å². The van der Waals surface area contributed by atoms with E-state index >= 15 is 0 Å². The molecule has 31 heavy (non-hydrogen) atoms. The van der Waals surface area contributed by atoms with Gasteiger partial charge in [-0.1, -0.05) is 37.6 Å². The molecule has 4 heteroatoms. The van der Waals surface area contributed by atoms with E-state index in [1.54, 1.807) is 6.92 Å². The number of ketones is 1. The van der Waals surface area contributed by atoms with Crippen molar-refractivity contribution in [2.24, 2.45) is 40.4 Å². The minimum Gasteiger partial charge on any atom is -0.462 e. The maximum Gasteiger partial charge on any atom is 0.302 e. The van der Waals surface area contributed by atoms with E-state index in [-0.39, 0.29) is 40.5 Å². The first-order chi connectivity index (χ1) is 14.6. The van der Waals surface area contributed by atoms with Crippen molar-refractivity contribution in [3.8, 4) is 0 Å². The Balaban J connectivity index is 1.46. The summed E-state index contributed by atoms with van der Waals surface area (Å²) in [7, 11) is 0. The van der Waals surface area contributed by atoms with Crippen LogP contribution in [0.1, 0.15) is 79.1 Å². The molecule has 0 bridgehead atoms. The van der Waals surface area contributed by atoms with Crippen LogP contribution >= 0.6 is 0 Å². The predicted molar refractivity (Wildman–Crippen MR) is 119 cm³/mol. The Morgan fingerprint density at radius 2 is 1.90 bits per heavy atom. The number of carbonyl (C=O) groups is 2. The van der Waals surface area contributed by atoms with Crippen molar-refractivity contribution in [3.05, 3.63) is 23.8 Å². The third-order valence-corrected chi connectivity index (χ3v) is 10.3. The molecule has 0 saturated heterocycles. The van der Waals surface area contributed by atoms with Crippen LogP contribution in [0.5, 0.6) is 0 Å². The van der Waals surface area contributed by atoms with Gasteiger partial charge >= 0.3 is 5.97 Å². The van der Waals surface area contributed by atoms with Crippen LogP contribution < -0.4 is 0 Å². The molecule has 3 saturated carbocycles. The van der Waals surface area contributed by atoms with E-state index in [9.17, 15) is 14.7 Å². The van der Waals surface area contributed by atoms with Crippen LogP contribution in [0.4, 0.5) is 0 Å². The molecule has 0 heterocycles. The number of hydrogen-bond donors (Lipinski definition) is 1. The topological polar surface area (TPSA) is 63.6 Å². The number of rotatable bonds is 2.